The molecule has 5 heteroatoms. The molecule has 130 valence electrons. The van der Waals surface area contributed by atoms with E-state index in [0.29, 0.717) is 0 Å². The Hall–Kier alpha value is -1.24. The minimum atomic E-state index is 0. The van der Waals surface area contributed by atoms with Gasteiger partial charge in [0.1, 0.15) is 5.75 Å². The second-order valence-corrected chi connectivity index (χ2v) is 5.10. The largest absolute Gasteiger partial charge is 0.496 e. The molecule has 0 heterocycles. The Kier molecular flexibility index (Phi) is 12.5. The van der Waals surface area contributed by atoms with Crippen LogP contribution in [0.2, 0.25) is 0 Å². The summed E-state index contributed by atoms with van der Waals surface area (Å²) in [5.74, 6) is 1.83. The van der Waals surface area contributed by atoms with Gasteiger partial charge in [0.2, 0.25) is 0 Å². The van der Waals surface area contributed by atoms with E-state index in [9.17, 15) is 0 Å². The molecule has 1 aromatic carbocycles. The third-order valence-corrected chi connectivity index (χ3v) is 3.32. The van der Waals surface area contributed by atoms with Gasteiger partial charge in [0.15, 0.2) is 5.96 Å². The zero-order valence-corrected chi connectivity index (χ0v) is 17.0. The average molecular weight is 431 g/mol. The molecular formula is C18H30IN3O. The Labute approximate surface area is 157 Å². The first-order valence-corrected chi connectivity index (χ1v) is 7.98. The lowest BCUT2D eigenvalue weighted by Crippen LogP contribution is -2.38. The third kappa shape index (κ3) is 8.83. The van der Waals surface area contributed by atoms with Gasteiger partial charge in [-0.25, -0.2) is 0 Å². The highest BCUT2D eigenvalue weighted by atomic mass is 127. The van der Waals surface area contributed by atoms with E-state index in [2.05, 4.69) is 59.8 Å². The van der Waals surface area contributed by atoms with E-state index < -0.39 is 0 Å². The van der Waals surface area contributed by atoms with E-state index >= 15 is 0 Å². The molecule has 0 saturated carbocycles. The van der Waals surface area contributed by atoms with Crippen molar-refractivity contribution >= 4 is 29.9 Å². The first-order valence-electron chi connectivity index (χ1n) is 7.98. The number of ether oxygens (including phenoxy) is 1. The molecular weight excluding hydrogens is 401 g/mol. The second kappa shape index (κ2) is 13.2. The van der Waals surface area contributed by atoms with Crippen LogP contribution in [0.5, 0.6) is 5.75 Å². The van der Waals surface area contributed by atoms with Gasteiger partial charge in [-0.2, -0.15) is 0 Å². The predicted octanol–water partition coefficient (Wildman–Crippen LogP) is 3.69. The number of benzene rings is 1. The van der Waals surface area contributed by atoms with Crippen LogP contribution in [0, 0.1) is 6.92 Å². The van der Waals surface area contributed by atoms with Crippen LogP contribution in [0.1, 0.15) is 31.4 Å². The smallest absolute Gasteiger partial charge is 0.191 e. The fraction of sp³-hybridized carbons (Fsp3) is 0.500. The summed E-state index contributed by atoms with van der Waals surface area (Å²) < 4.78 is 5.36. The Morgan fingerprint density at radius 1 is 1.30 bits per heavy atom. The molecule has 0 bridgehead atoms. The number of guanidine groups is 1. The molecule has 0 aliphatic rings. The average Bonchev–Trinajstić information content (AvgIpc) is 2.53. The number of aliphatic imine (C=N–C) groups is 1. The fourth-order valence-electron chi connectivity index (χ4n) is 2.10. The molecule has 0 spiro atoms. The van der Waals surface area contributed by atoms with Crippen LogP contribution in [0.15, 0.2) is 35.3 Å². The standard InChI is InChI=1S/C18H29N3O.HI/c1-5-7-8-12-20-18(19-6-2)21-13-11-16-10-9-15(3)17(14-16)22-4;/h5,7,9-10,14H,6,8,11-13H2,1-4H3,(H2,19,20,21);1H/b7-5+;. The van der Waals surface area contributed by atoms with Gasteiger partial charge in [-0.3, -0.25) is 4.99 Å². The summed E-state index contributed by atoms with van der Waals surface area (Å²) in [4.78, 5) is 4.55. The summed E-state index contributed by atoms with van der Waals surface area (Å²) in [7, 11) is 1.71. The topological polar surface area (TPSA) is 45.7 Å². The number of allylic oxidation sites excluding steroid dienone is 1. The van der Waals surface area contributed by atoms with Crippen molar-refractivity contribution < 1.29 is 4.74 Å². The Bertz CT molecular complexity index is 501. The summed E-state index contributed by atoms with van der Waals surface area (Å²) in [6.45, 7) is 8.69. The van der Waals surface area contributed by atoms with Crippen LogP contribution in [-0.4, -0.2) is 32.7 Å². The summed E-state index contributed by atoms with van der Waals surface area (Å²) in [5.41, 5.74) is 2.43. The van der Waals surface area contributed by atoms with Crippen LogP contribution in [0.25, 0.3) is 0 Å². The predicted molar refractivity (Wildman–Crippen MR) is 110 cm³/mol. The number of nitrogens with one attached hydrogen (secondary N) is 2. The summed E-state index contributed by atoms with van der Waals surface area (Å²) in [6, 6.07) is 6.35. The van der Waals surface area contributed by atoms with Gasteiger partial charge in [-0.1, -0.05) is 24.3 Å². The Morgan fingerprint density at radius 2 is 2.09 bits per heavy atom. The molecule has 0 radical (unpaired) electrons. The maximum absolute atomic E-state index is 5.36. The van der Waals surface area contributed by atoms with E-state index in [1.807, 2.05) is 6.92 Å². The number of aryl methyl sites for hydroxylation is 1. The first-order chi connectivity index (χ1) is 10.7. The number of hydrogen-bond acceptors (Lipinski definition) is 2. The maximum atomic E-state index is 5.36. The minimum Gasteiger partial charge on any atom is -0.496 e. The lowest BCUT2D eigenvalue weighted by Gasteiger charge is -2.12. The van der Waals surface area contributed by atoms with Crippen LogP contribution in [0.3, 0.4) is 0 Å². The lowest BCUT2D eigenvalue weighted by atomic mass is 10.1. The van der Waals surface area contributed by atoms with Crippen LogP contribution in [-0.2, 0) is 6.42 Å². The van der Waals surface area contributed by atoms with Gasteiger partial charge in [0.25, 0.3) is 0 Å². The lowest BCUT2D eigenvalue weighted by molar-refractivity contribution is 0.411. The van der Waals surface area contributed by atoms with Crippen molar-refractivity contribution in [3.63, 3.8) is 0 Å². The van der Waals surface area contributed by atoms with Gasteiger partial charge < -0.3 is 15.4 Å². The number of nitrogens with zero attached hydrogens (tertiary/aromatic N) is 1. The molecule has 0 amide bonds. The van der Waals surface area contributed by atoms with E-state index in [0.717, 1.165) is 49.7 Å². The van der Waals surface area contributed by atoms with Gasteiger partial charge in [-0.05, 0) is 50.8 Å². The van der Waals surface area contributed by atoms with Crippen LogP contribution >= 0.6 is 24.0 Å². The van der Waals surface area contributed by atoms with Crippen molar-refractivity contribution in [2.75, 3.05) is 26.7 Å². The van der Waals surface area contributed by atoms with Crippen molar-refractivity contribution in [2.45, 2.75) is 33.6 Å². The molecule has 1 rings (SSSR count). The molecule has 0 aliphatic heterocycles. The van der Waals surface area contributed by atoms with Crippen molar-refractivity contribution in [3.05, 3.63) is 41.5 Å². The van der Waals surface area contributed by atoms with Crippen molar-refractivity contribution in [1.82, 2.24) is 10.6 Å². The van der Waals surface area contributed by atoms with E-state index in [1.54, 1.807) is 7.11 Å². The van der Waals surface area contributed by atoms with E-state index in [-0.39, 0.29) is 24.0 Å². The zero-order chi connectivity index (χ0) is 16.2. The number of rotatable bonds is 8. The van der Waals surface area contributed by atoms with Crippen LogP contribution in [0.4, 0.5) is 0 Å². The molecule has 23 heavy (non-hydrogen) atoms. The molecule has 0 fully saturated rings. The highest BCUT2D eigenvalue weighted by Crippen LogP contribution is 2.18. The highest BCUT2D eigenvalue weighted by Gasteiger charge is 2.01. The Morgan fingerprint density at radius 3 is 2.74 bits per heavy atom. The van der Waals surface area contributed by atoms with Gasteiger partial charge in [0, 0.05) is 19.6 Å². The second-order valence-electron chi connectivity index (χ2n) is 5.10. The monoisotopic (exact) mass is 431 g/mol. The SMILES string of the molecule is C/C=C/CCN=C(NCC)NCCc1ccc(C)c(OC)c1.I. The zero-order valence-electron chi connectivity index (χ0n) is 14.7. The summed E-state index contributed by atoms with van der Waals surface area (Å²) >= 11 is 0. The molecule has 1 aromatic rings. The van der Waals surface area contributed by atoms with E-state index in [4.69, 9.17) is 4.74 Å². The van der Waals surface area contributed by atoms with Crippen molar-refractivity contribution in [3.8, 4) is 5.75 Å². The van der Waals surface area contributed by atoms with Gasteiger partial charge in [-0.15, -0.1) is 24.0 Å². The minimum absolute atomic E-state index is 0. The van der Waals surface area contributed by atoms with Gasteiger partial charge >= 0.3 is 0 Å². The third-order valence-electron chi connectivity index (χ3n) is 3.32. The quantitative estimate of drug-likeness (QED) is 0.217. The fourth-order valence-corrected chi connectivity index (χ4v) is 2.10. The Balaban J connectivity index is 0.00000484. The molecule has 0 aliphatic carbocycles. The molecule has 0 unspecified atom stereocenters. The number of halogens is 1. The molecule has 0 atom stereocenters. The van der Waals surface area contributed by atoms with E-state index in [1.165, 1.54) is 5.56 Å². The normalized spacial score (nSPS) is 11.2. The molecule has 0 aromatic heterocycles. The molecule has 2 N–H and O–H groups in total. The summed E-state index contributed by atoms with van der Waals surface area (Å²) in [6.07, 6.45) is 6.10. The molecule has 4 nitrogen and oxygen atoms in total. The van der Waals surface area contributed by atoms with Gasteiger partial charge in [0.05, 0.1) is 7.11 Å². The van der Waals surface area contributed by atoms with Crippen molar-refractivity contribution in [1.29, 1.82) is 0 Å². The van der Waals surface area contributed by atoms with Crippen molar-refractivity contribution in [2.24, 2.45) is 4.99 Å². The number of hydrogen-bond donors (Lipinski definition) is 2. The number of methoxy groups -OCH3 is 1. The molecule has 0 saturated heterocycles. The highest BCUT2D eigenvalue weighted by molar-refractivity contribution is 14.0. The van der Waals surface area contributed by atoms with Crippen LogP contribution < -0.4 is 15.4 Å². The summed E-state index contributed by atoms with van der Waals surface area (Å²) in [5, 5.41) is 6.64. The maximum Gasteiger partial charge on any atom is 0.191 e. The first kappa shape index (κ1) is 21.8.